The molecule has 0 saturated heterocycles. The Balaban J connectivity index is 1.91. The Labute approximate surface area is 141 Å². The summed E-state index contributed by atoms with van der Waals surface area (Å²) in [5.41, 5.74) is -1.55. The lowest BCUT2D eigenvalue weighted by atomic mass is 9.90. The second-order valence-corrected chi connectivity index (χ2v) is 7.71. The molecule has 3 heteroatoms. The van der Waals surface area contributed by atoms with E-state index < -0.39 is 11.2 Å². The van der Waals surface area contributed by atoms with Gasteiger partial charge in [0.2, 0.25) is 0 Å². The molecule has 0 radical (unpaired) electrons. The Bertz CT molecular complexity index is 847. The third-order valence-corrected chi connectivity index (χ3v) is 5.48. The number of aliphatic hydroxyl groups is 1. The first-order chi connectivity index (χ1) is 10.8. The fraction of sp³-hybridized carbons (Fsp3) is 0.300. The van der Waals surface area contributed by atoms with E-state index in [0.717, 1.165) is 4.90 Å². The zero-order valence-corrected chi connectivity index (χ0v) is 14.8. The molecule has 0 spiro atoms. The summed E-state index contributed by atoms with van der Waals surface area (Å²) in [6.07, 6.45) is 0. The normalized spacial score (nSPS) is 12.9. The number of hydrogen-bond acceptors (Lipinski definition) is 3. The third-order valence-electron chi connectivity index (χ3n) is 4.54. The van der Waals surface area contributed by atoms with Crippen molar-refractivity contribution in [3.63, 3.8) is 0 Å². The maximum absolute atomic E-state index is 10.2. The summed E-state index contributed by atoms with van der Waals surface area (Å²) < 4.78 is 5.88. The van der Waals surface area contributed by atoms with Crippen LogP contribution in [-0.2, 0) is 4.18 Å². The van der Waals surface area contributed by atoms with E-state index in [1.807, 2.05) is 13.8 Å². The van der Waals surface area contributed by atoms with E-state index in [1.54, 1.807) is 13.8 Å². The third kappa shape index (κ3) is 3.23. The van der Waals surface area contributed by atoms with Crippen molar-refractivity contribution in [2.45, 2.75) is 43.8 Å². The van der Waals surface area contributed by atoms with Gasteiger partial charge in [0.25, 0.3) is 0 Å². The predicted octanol–water partition coefficient (Wildman–Crippen LogP) is 5.57. The van der Waals surface area contributed by atoms with Crippen molar-refractivity contribution < 1.29 is 9.29 Å². The number of rotatable bonds is 4. The Morgan fingerprint density at radius 1 is 0.826 bits per heavy atom. The molecule has 120 valence electrons. The highest BCUT2D eigenvalue weighted by molar-refractivity contribution is 7.94. The highest BCUT2D eigenvalue weighted by atomic mass is 32.2. The Morgan fingerprint density at radius 3 is 2.22 bits per heavy atom. The van der Waals surface area contributed by atoms with Crippen LogP contribution in [0.25, 0.3) is 21.5 Å². The summed E-state index contributed by atoms with van der Waals surface area (Å²) in [6, 6.07) is 19.0. The molecular weight excluding hydrogens is 304 g/mol. The molecule has 0 bridgehead atoms. The number of benzene rings is 3. The van der Waals surface area contributed by atoms with Crippen molar-refractivity contribution in [3.05, 3.63) is 54.6 Å². The van der Waals surface area contributed by atoms with E-state index in [2.05, 4.69) is 54.6 Å². The van der Waals surface area contributed by atoms with Crippen LogP contribution in [0.3, 0.4) is 0 Å². The van der Waals surface area contributed by atoms with E-state index in [0.29, 0.717) is 0 Å². The van der Waals surface area contributed by atoms with Crippen molar-refractivity contribution in [2.75, 3.05) is 0 Å². The molecule has 2 nitrogen and oxygen atoms in total. The molecule has 1 N–H and O–H groups in total. The summed E-state index contributed by atoms with van der Waals surface area (Å²) in [5.74, 6) is 0. The Hall–Kier alpha value is -1.55. The standard InChI is InChI=1S/C20H22O2S/c1-19(2,21)20(3,4)22-23-16-11-12-18-15(13-16)10-9-14-7-5-6-8-17(14)18/h5-13,21H,1-4H3. The summed E-state index contributed by atoms with van der Waals surface area (Å²) in [4.78, 5) is 1.03. The highest BCUT2D eigenvalue weighted by Gasteiger charge is 2.36. The Kier molecular flexibility index (Phi) is 4.13. The van der Waals surface area contributed by atoms with Crippen LogP contribution in [-0.4, -0.2) is 16.3 Å². The minimum absolute atomic E-state index is 0.643. The maximum atomic E-state index is 10.2. The molecule has 0 atom stereocenters. The second-order valence-electron chi connectivity index (χ2n) is 6.91. The monoisotopic (exact) mass is 326 g/mol. The fourth-order valence-corrected chi connectivity index (χ4v) is 3.10. The van der Waals surface area contributed by atoms with Crippen molar-refractivity contribution in [2.24, 2.45) is 0 Å². The fourth-order valence-electron chi connectivity index (χ4n) is 2.30. The van der Waals surface area contributed by atoms with Gasteiger partial charge in [-0.05, 0) is 61.4 Å². The van der Waals surface area contributed by atoms with Crippen LogP contribution in [0.15, 0.2) is 59.5 Å². The molecule has 23 heavy (non-hydrogen) atoms. The Morgan fingerprint density at radius 2 is 1.48 bits per heavy atom. The van der Waals surface area contributed by atoms with E-state index in [-0.39, 0.29) is 0 Å². The number of fused-ring (bicyclic) bond motifs is 3. The molecule has 3 aromatic rings. The van der Waals surface area contributed by atoms with Gasteiger partial charge in [-0.3, -0.25) is 0 Å². The molecule has 0 fully saturated rings. The van der Waals surface area contributed by atoms with Crippen molar-refractivity contribution in [1.82, 2.24) is 0 Å². The van der Waals surface area contributed by atoms with Crippen LogP contribution in [0.4, 0.5) is 0 Å². The van der Waals surface area contributed by atoms with E-state index >= 15 is 0 Å². The van der Waals surface area contributed by atoms with Crippen molar-refractivity contribution in [1.29, 1.82) is 0 Å². The first-order valence-electron chi connectivity index (χ1n) is 7.77. The lowest BCUT2D eigenvalue weighted by molar-refractivity contribution is -0.0813. The largest absolute Gasteiger partial charge is 0.387 e. The van der Waals surface area contributed by atoms with Crippen LogP contribution in [0.1, 0.15) is 27.7 Å². The zero-order chi connectivity index (χ0) is 16.7. The van der Waals surface area contributed by atoms with E-state index in [1.165, 1.54) is 33.6 Å². The van der Waals surface area contributed by atoms with Gasteiger partial charge in [0.05, 0.1) is 5.60 Å². The summed E-state index contributed by atoms with van der Waals surface area (Å²) in [5, 5.41) is 15.1. The van der Waals surface area contributed by atoms with Crippen LogP contribution in [0.2, 0.25) is 0 Å². The topological polar surface area (TPSA) is 29.5 Å². The molecule has 3 rings (SSSR count). The molecule has 0 aliphatic rings. The zero-order valence-electron chi connectivity index (χ0n) is 14.0. The first-order valence-corrected chi connectivity index (χ1v) is 8.52. The molecule has 0 aromatic heterocycles. The molecule has 0 unspecified atom stereocenters. The average molecular weight is 326 g/mol. The van der Waals surface area contributed by atoms with Gasteiger partial charge in [-0.2, -0.15) is 0 Å². The minimum atomic E-state index is -0.910. The molecule has 0 heterocycles. The lowest BCUT2D eigenvalue weighted by Gasteiger charge is -2.35. The molecule has 0 amide bonds. The van der Waals surface area contributed by atoms with Gasteiger partial charge in [0.1, 0.15) is 5.60 Å². The van der Waals surface area contributed by atoms with Gasteiger partial charge in [-0.15, -0.1) is 0 Å². The van der Waals surface area contributed by atoms with Gasteiger partial charge < -0.3 is 9.29 Å². The lowest BCUT2D eigenvalue weighted by Crippen LogP contribution is -2.45. The van der Waals surface area contributed by atoms with Crippen LogP contribution in [0.5, 0.6) is 0 Å². The van der Waals surface area contributed by atoms with Crippen LogP contribution < -0.4 is 0 Å². The molecule has 0 saturated carbocycles. The molecule has 3 aromatic carbocycles. The first kappa shape index (κ1) is 16.3. The quantitative estimate of drug-likeness (QED) is 0.502. The van der Waals surface area contributed by atoms with E-state index in [9.17, 15) is 5.11 Å². The van der Waals surface area contributed by atoms with Gasteiger partial charge >= 0.3 is 0 Å². The van der Waals surface area contributed by atoms with Gasteiger partial charge in [0, 0.05) is 16.9 Å². The number of hydrogen-bond donors (Lipinski definition) is 1. The van der Waals surface area contributed by atoms with Gasteiger partial charge in [-0.1, -0.05) is 42.5 Å². The smallest absolute Gasteiger partial charge is 0.106 e. The second kappa shape index (κ2) is 5.82. The van der Waals surface area contributed by atoms with E-state index in [4.69, 9.17) is 4.18 Å². The molecule has 0 aliphatic heterocycles. The SMILES string of the molecule is CC(C)(O)C(C)(C)OSc1ccc2c(ccc3ccccc32)c1. The predicted molar refractivity (Wildman–Crippen MR) is 98.8 cm³/mol. The van der Waals surface area contributed by atoms with Gasteiger partial charge in [-0.25, -0.2) is 0 Å². The molecule has 0 aliphatic carbocycles. The maximum Gasteiger partial charge on any atom is 0.106 e. The van der Waals surface area contributed by atoms with Crippen LogP contribution >= 0.6 is 12.0 Å². The molecular formula is C20H22O2S. The van der Waals surface area contributed by atoms with Crippen LogP contribution in [0, 0.1) is 0 Å². The minimum Gasteiger partial charge on any atom is -0.387 e. The average Bonchev–Trinajstić information content (AvgIpc) is 2.51. The summed E-state index contributed by atoms with van der Waals surface area (Å²) in [6.45, 7) is 7.32. The van der Waals surface area contributed by atoms with Crippen molar-refractivity contribution >= 4 is 33.6 Å². The summed E-state index contributed by atoms with van der Waals surface area (Å²) >= 11 is 1.31. The highest BCUT2D eigenvalue weighted by Crippen LogP contribution is 2.35. The van der Waals surface area contributed by atoms with Gasteiger partial charge in [0.15, 0.2) is 0 Å². The van der Waals surface area contributed by atoms with Crippen molar-refractivity contribution in [3.8, 4) is 0 Å². The summed E-state index contributed by atoms with van der Waals surface area (Å²) in [7, 11) is 0.